The van der Waals surface area contributed by atoms with Crippen molar-refractivity contribution >= 4 is 31.6 Å². The third kappa shape index (κ3) is 3.73. The second kappa shape index (κ2) is 5.84. The van der Waals surface area contributed by atoms with Gasteiger partial charge in [0.05, 0.1) is 12.8 Å². The number of rotatable bonds is 5. The Labute approximate surface area is 125 Å². The summed E-state index contributed by atoms with van der Waals surface area (Å²) in [6.45, 7) is 1.70. The van der Waals surface area contributed by atoms with Gasteiger partial charge in [0.2, 0.25) is 10.0 Å². The van der Waals surface area contributed by atoms with Crippen molar-refractivity contribution in [3.63, 3.8) is 0 Å². The molecule has 0 aliphatic rings. The lowest BCUT2D eigenvalue weighted by Crippen LogP contribution is -2.15. The van der Waals surface area contributed by atoms with E-state index < -0.39 is 10.0 Å². The number of nitrogens with zero attached hydrogens (tertiary/aromatic N) is 1. The maximum absolute atomic E-state index is 12.1. The monoisotopic (exact) mass is 360 g/mol. The first-order valence-corrected chi connectivity index (χ1v) is 8.10. The van der Waals surface area contributed by atoms with Crippen LogP contribution in [-0.4, -0.2) is 20.7 Å². The van der Waals surface area contributed by atoms with Gasteiger partial charge in [0, 0.05) is 10.5 Å². The van der Waals surface area contributed by atoms with E-state index in [1.807, 2.05) is 0 Å². The van der Waals surface area contributed by atoms with Gasteiger partial charge in [-0.25, -0.2) is 8.42 Å². The molecule has 6 nitrogen and oxygen atoms in total. The average molecular weight is 361 g/mol. The summed E-state index contributed by atoms with van der Waals surface area (Å²) in [6.07, 6.45) is 0. The van der Waals surface area contributed by atoms with Crippen LogP contribution in [-0.2, 0) is 15.8 Å². The molecule has 20 heavy (non-hydrogen) atoms. The first kappa shape index (κ1) is 14.9. The number of sulfonamides is 1. The summed E-state index contributed by atoms with van der Waals surface area (Å²) in [5, 5.41) is 3.67. The van der Waals surface area contributed by atoms with E-state index in [-0.39, 0.29) is 5.75 Å². The lowest BCUT2D eigenvalue weighted by Gasteiger charge is -2.11. The minimum Gasteiger partial charge on any atom is -0.495 e. The highest BCUT2D eigenvalue weighted by Crippen LogP contribution is 2.29. The van der Waals surface area contributed by atoms with Crippen molar-refractivity contribution in [1.29, 1.82) is 0 Å². The summed E-state index contributed by atoms with van der Waals surface area (Å²) in [4.78, 5) is 0. The molecule has 0 radical (unpaired) electrons. The number of hydrogen-bond acceptors (Lipinski definition) is 5. The molecule has 1 aromatic carbocycles. The van der Waals surface area contributed by atoms with E-state index in [1.54, 1.807) is 31.2 Å². The van der Waals surface area contributed by atoms with Crippen LogP contribution in [0.5, 0.6) is 5.75 Å². The Morgan fingerprint density at radius 1 is 1.40 bits per heavy atom. The van der Waals surface area contributed by atoms with Gasteiger partial charge in [0.1, 0.15) is 23.0 Å². The third-order valence-electron chi connectivity index (χ3n) is 2.44. The van der Waals surface area contributed by atoms with Crippen LogP contribution in [0.25, 0.3) is 0 Å². The lowest BCUT2D eigenvalue weighted by molar-refractivity contribution is 0.392. The number of benzene rings is 1. The topological polar surface area (TPSA) is 81.4 Å². The standard InChI is InChI=1S/C12H13BrN2O4S/c1-8-5-10(14-19-8)7-20(16,17)15-11-6-9(13)3-4-12(11)18-2/h3-6,15H,7H2,1-2H3. The first-order valence-electron chi connectivity index (χ1n) is 5.66. The predicted molar refractivity (Wildman–Crippen MR) is 78.2 cm³/mol. The molecule has 0 aliphatic heterocycles. The molecular formula is C12H13BrN2O4S. The number of anilines is 1. The van der Waals surface area contributed by atoms with Crippen molar-refractivity contribution in [3.05, 3.63) is 40.2 Å². The van der Waals surface area contributed by atoms with Crippen LogP contribution in [0.15, 0.2) is 33.3 Å². The highest BCUT2D eigenvalue weighted by atomic mass is 79.9. The van der Waals surface area contributed by atoms with Crippen molar-refractivity contribution in [3.8, 4) is 5.75 Å². The Kier molecular flexibility index (Phi) is 4.34. The highest BCUT2D eigenvalue weighted by Gasteiger charge is 2.17. The van der Waals surface area contributed by atoms with Crippen LogP contribution in [0, 0.1) is 6.92 Å². The molecule has 1 heterocycles. The van der Waals surface area contributed by atoms with Gasteiger partial charge in [0.25, 0.3) is 0 Å². The fourth-order valence-corrected chi connectivity index (χ4v) is 3.10. The number of aromatic nitrogens is 1. The molecule has 0 atom stereocenters. The predicted octanol–water partition coefficient (Wildman–Crippen LogP) is 2.70. The summed E-state index contributed by atoms with van der Waals surface area (Å²) in [7, 11) is -2.12. The van der Waals surface area contributed by atoms with Crippen LogP contribution in [0.1, 0.15) is 11.5 Å². The lowest BCUT2D eigenvalue weighted by atomic mass is 10.3. The van der Waals surface area contributed by atoms with E-state index in [4.69, 9.17) is 9.26 Å². The van der Waals surface area contributed by atoms with E-state index in [0.717, 1.165) is 4.47 Å². The molecule has 0 fully saturated rings. The van der Waals surface area contributed by atoms with Gasteiger partial charge in [-0.3, -0.25) is 4.72 Å². The molecule has 0 unspecified atom stereocenters. The fraction of sp³-hybridized carbons (Fsp3) is 0.250. The number of hydrogen-bond donors (Lipinski definition) is 1. The highest BCUT2D eigenvalue weighted by molar-refractivity contribution is 9.10. The van der Waals surface area contributed by atoms with Gasteiger partial charge in [-0.15, -0.1) is 0 Å². The van der Waals surface area contributed by atoms with Gasteiger partial charge < -0.3 is 9.26 Å². The molecule has 108 valence electrons. The van der Waals surface area contributed by atoms with E-state index in [0.29, 0.717) is 22.9 Å². The molecule has 0 saturated carbocycles. The van der Waals surface area contributed by atoms with E-state index in [1.165, 1.54) is 7.11 Å². The van der Waals surface area contributed by atoms with Crippen molar-refractivity contribution < 1.29 is 17.7 Å². The van der Waals surface area contributed by atoms with Gasteiger partial charge in [-0.05, 0) is 25.1 Å². The maximum Gasteiger partial charge on any atom is 0.238 e. The maximum atomic E-state index is 12.1. The molecule has 8 heteroatoms. The molecule has 1 aromatic heterocycles. The second-order valence-corrected chi connectivity index (χ2v) is 6.77. The second-order valence-electron chi connectivity index (χ2n) is 4.13. The van der Waals surface area contributed by atoms with Gasteiger partial charge in [-0.1, -0.05) is 21.1 Å². The SMILES string of the molecule is COc1ccc(Br)cc1NS(=O)(=O)Cc1cc(C)on1. The van der Waals surface area contributed by atoms with Crippen LogP contribution >= 0.6 is 15.9 Å². The van der Waals surface area contributed by atoms with Crippen molar-refractivity contribution in [2.24, 2.45) is 0 Å². The van der Waals surface area contributed by atoms with Gasteiger partial charge in [0.15, 0.2) is 0 Å². The minimum absolute atomic E-state index is 0.264. The molecular weight excluding hydrogens is 348 g/mol. The smallest absolute Gasteiger partial charge is 0.238 e. The van der Waals surface area contributed by atoms with E-state index in [2.05, 4.69) is 25.8 Å². The minimum atomic E-state index is -3.60. The number of nitrogens with one attached hydrogen (secondary N) is 1. The van der Waals surface area contributed by atoms with Crippen LogP contribution in [0.3, 0.4) is 0 Å². The summed E-state index contributed by atoms with van der Waals surface area (Å²) < 4.78 is 37.4. The Bertz CT molecular complexity index is 712. The molecule has 0 spiro atoms. The molecule has 0 bridgehead atoms. The number of halogens is 1. The third-order valence-corrected chi connectivity index (χ3v) is 4.14. The number of ether oxygens (including phenoxy) is 1. The normalized spacial score (nSPS) is 11.3. The molecule has 0 amide bonds. The van der Waals surface area contributed by atoms with E-state index in [9.17, 15) is 8.42 Å². The Hall–Kier alpha value is -1.54. The molecule has 0 saturated heterocycles. The van der Waals surface area contributed by atoms with Crippen LogP contribution in [0.2, 0.25) is 0 Å². The summed E-state index contributed by atoms with van der Waals surface area (Å²) in [5.74, 6) is 0.739. The zero-order valence-electron chi connectivity index (χ0n) is 10.9. The van der Waals surface area contributed by atoms with Crippen molar-refractivity contribution in [1.82, 2.24) is 5.16 Å². The zero-order valence-corrected chi connectivity index (χ0v) is 13.3. The van der Waals surface area contributed by atoms with Crippen LogP contribution in [0.4, 0.5) is 5.69 Å². The quantitative estimate of drug-likeness (QED) is 0.886. The van der Waals surface area contributed by atoms with Crippen LogP contribution < -0.4 is 9.46 Å². The summed E-state index contributed by atoms with van der Waals surface area (Å²) in [6, 6.07) is 6.64. The molecule has 1 N–H and O–H groups in total. The number of aryl methyl sites for hydroxylation is 1. The Morgan fingerprint density at radius 2 is 2.15 bits per heavy atom. The van der Waals surface area contributed by atoms with Crippen molar-refractivity contribution in [2.75, 3.05) is 11.8 Å². The summed E-state index contributed by atoms with van der Waals surface area (Å²) >= 11 is 3.29. The number of methoxy groups -OCH3 is 1. The van der Waals surface area contributed by atoms with Gasteiger partial charge in [-0.2, -0.15) is 0 Å². The largest absolute Gasteiger partial charge is 0.495 e. The molecule has 2 rings (SSSR count). The molecule has 2 aromatic rings. The molecule has 0 aliphatic carbocycles. The Balaban J connectivity index is 2.22. The average Bonchev–Trinajstić information content (AvgIpc) is 2.73. The Morgan fingerprint density at radius 3 is 2.75 bits per heavy atom. The van der Waals surface area contributed by atoms with Gasteiger partial charge >= 0.3 is 0 Å². The van der Waals surface area contributed by atoms with E-state index >= 15 is 0 Å². The van der Waals surface area contributed by atoms with Crippen molar-refractivity contribution in [2.45, 2.75) is 12.7 Å². The zero-order chi connectivity index (χ0) is 14.8. The fourth-order valence-electron chi connectivity index (χ4n) is 1.64. The summed E-state index contributed by atoms with van der Waals surface area (Å²) in [5.41, 5.74) is 0.714. The first-order chi connectivity index (χ1) is 9.39.